The fourth-order valence-corrected chi connectivity index (χ4v) is 12.0. The van der Waals surface area contributed by atoms with Gasteiger partial charge >= 0.3 is 0 Å². The first-order chi connectivity index (χ1) is 13.3. The smallest absolute Gasteiger partial charge is 0.0607 e. The van der Waals surface area contributed by atoms with Crippen molar-refractivity contribution in [1.82, 2.24) is 0 Å². The molecule has 0 aromatic heterocycles. The molecule has 0 spiro atoms. The third-order valence-corrected chi connectivity index (χ3v) is 11.6. The zero-order valence-electron chi connectivity index (χ0n) is 15.7. The predicted molar refractivity (Wildman–Crippen MR) is 104 cm³/mol. The van der Waals surface area contributed by atoms with E-state index in [1.54, 1.807) is 5.56 Å². The molecule has 2 aromatic rings. The van der Waals surface area contributed by atoms with Gasteiger partial charge in [0.15, 0.2) is 0 Å². The van der Waals surface area contributed by atoms with E-state index in [4.69, 9.17) is 0 Å². The summed E-state index contributed by atoms with van der Waals surface area (Å²) >= 11 is 0. The highest BCUT2D eigenvalue weighted by molar-refractivity contribution is 5.88. The van der Waals surface area contributed by atoms with E-state index in [0.717, 1.165) is 76.9 Å². The van der Waals surface area contributed by atoms with Crippen molar-refractivity contribution in [3.63, 3.8) is 0 Å². The maximum Gasteiger partial charge on any atom is 0.0607 e. The van der Waals surface area contributed by atoms with Gasteiger partial charge in [-0.1, -0.05) is 36.4 Å². The molecular weight excluding hydrogens is 328 g/mol. The summed E-state index contributed by atoms with van der Waals surface area (Å²) < 4.78 is 0. The van der Waals surface area contributed by atoms with Crippen LogP contribution in [0.3, 0.4) is 0 Å². The number of fused-ring (bicyclic) bond motifs is 1. The van der Waals surface area contributed by atoms with Crippen molar-refractivity contribution in [1.29, 1.82) is 0 Å². The van der Waals surface area contributed by atoms with Crippen LogP contribution in [-0.2, 0) is 6.42 Å². The number of aryl methyl sites for hydroxylation is 1. The summed E-state index contributed by atoms with van der Waals surface area (Å²) in [6.45, 7) is 2.25. The van der Waals surface area contributed by atoms with E-state index in [-0.39, 0.29) is 6.10 Å². The van der Waals surface area contributed by atoms with E-state index in [1.165, 1.54) is 22.8 Å². The van der Waals surface area contributed by atoms with Crippen LogP contribution in [0.5, 0.6) is 0 Å². The Balaban J connectivity index is 1.18. The van der Waals surface area contributed by atoms with Crippen molar-refractivity contribution in [2.75, 3.05) is 0 Å². The molecule has 8 unspecified atom stereocenters. The van der Waals surface area contributed by atoms with Gasteiger partial charge in [-0.25, -0.2) is 0 Å². The zero-order chi connectivity index (χ0) is 17.3. The van der Waals surface area contributed by atoms with Crippen LogP contribution in [-0.4, -0.2) is 11.2 Å². The lowest BCUT2D eigenvalue weighted by atomic mass is 9.80. The van der Waals surface area contributed by atoms with E-state index in [1.807, 2.05) is 0 Å². The molecule has 10 rings (SSSR count). The summed E-state index contributed by atoms with van der Waals surface area (Å²) in [5.74, 6) is 12.3. The summed E-state index contributed by atoms with van der Waals surface area (Å²) in [6.07, 6.45) is 1.43. The highest BCUT2D eigenvalue weighted by Gasteiger charge is 2.92. The second kappa shape index (κ2) is 3.88. The molecule has 136 valence electrons. The Hall–Kier alpha value is -1.34. The second-order valence-electron chi connectivity index (χ2n) is 11.4. The maximum absolute atomic E-state index is 10.9. The van der Waals surface area contributed by atoms with E-state index < -0.39 is 0 Å². The topological polar surface area (TPSA) is 20.2 Å². The molecule has 4 bridgehead atoms. The van der Waals surface area contributed by atoms with Crippen molar-refractivity contribution in [3.8, 4) is 0 Å². The Morgan fingerprint density at radius 2 is 1.15 bits per heavy atom. The molecule has 0 heterocycles. The standard InChI is InChI=1S/C26H26O/c1-9-6-7-10(12-5-3-2-4-11(9)12)8-13-14-16-18-15(13)19-17(14)21-20(16)24-22(18)23(19)25(21)26(24)27/h2-7,13-27H,8H2,1H3. The molecule has 0 radical (unpaired) electrons. The fourth-order valence-electron chi connectivity index (χ4n) is 12.0. The Kier molecular flexibility index (Phi) is 1.98. The highest BCUT2D eigenvalue weighted by atomic mass is 16.3. The number of hydrogen-bond donors (Lipinski definition) is 1. The lowest BCUT2D eigenvalue weighted by molar-refractivity contribution is 0.102. The molecule has 1 N–H and O–H groups in total. The Morgan fingerprint density at radius 1 is 0.630 bits per heavy atom. The molecule has 0 aliphatic heterocycles. The minimum atomic E-state index is 0.106. The van der Waals surface area contributed by atoms with Crippen molar-refractivity contribution in [2.45, 2.75) is 19.4 Å². The number of hydrogen-bond acceptors (Lipinski definition) is 1. The van der Waals surface area contributed by atoms with Crippen LogP contribution in [0, 0.1) is 83.9 Å². The molecule has 8 atom stereocenters. The van der Waals surface area contributed by atoms with Crippen LogP contribution in [0.4, 0.5) is 0 Å². The third kappa shape index (κ3) is 1.11. The van der Waals surface area contributed by atoms with Gasteiger partial charge in [-0.05, 0) is 112 Å². The molecule has 0 saturated heterocycles. The van der Waals surface area contributed by atoms with Crippen LogP contribution in [0.2, 0.25) is 0 Å². The van der Waals surface area contributed by atoms with Gasteiger partial charge in [0.2, 0.25) is 0 Å². The summed E-state index contributed by atoms with van der Waals surface area (Å²) in [5, 5.41) is 13.9. The van der Waals surface area contributed by atoms with Crippen LogP contribution < -0.4 is 0 Å². The van der Waals surface area contributed by atoms with Crippen molar-refractivity contribution < 1.29 is 5.11 Å². The molecule has 2 aromatic carbocycles. The first-order valence-corrected chi connectivity index (χ1v) is 11.4. The Bertz CT molecular complexity index is 983. The lowest BCUT2D eigenvalue weighted by Gasteiger charge is -2.24. The quantitative estimate of drug-likeness (QED) is 0.859. The minimum Gasteiger partial charge on any atom is -0.393 e. The average Bonchev–Trinajstić information content (AvgIpc) is 3.44. The van der Waals surface area contributed by atoms with E-state index in [9.17, 15) is 5.11 Å². The molecule has 0 amide bonds. The summed E-state index contributed by atoms with van der Waals surface area (Å²) in [6, 6.07) is 13.9. The number of aliphatic hydroxyl groups excluding tert-OH is 1. The van der Waals surface area contributed by atoms with E-state index in [0.29, 0.717) is 0 Å². The third-order valence-electron chi connectivity index (χ3n) is 11.6. The fraction of sp³-hybridized carbons (Fsp3) is 0.615. The number of aliphatic hydroxyl groups is 1. The molecule has 27 heavy (non-hydrogen) atoms. The van der Waals surface area contributed by atoms with Gasteiger partial charge < -0.3 is 5.11 Å². The van der Waals surface area contributed by atoms with Crippen molar-refractivity contribution in [3.05, 3.63) is 47.5 Å². The summed E-state index contributed by atoms with van der Waals surface area (Å²) in [7, 11) is 0. The number of rotatable bonds is 2. The van der Waals surface area contributed by atoms with Gasteiger partial charge in [0.1, 0.15) is 0 Å². The zero-order valence-corrected chi connectivity index (χ0v) is 15.7. The van der Waals surface area contributed by atoms with Crippen LogP contribution in [0.15, 0.2) is 36.4 Å². The minimum absolute atomic E-state index is 0.106. The van der Waals surface area contributed by atoms with Gasteiger partial charge in [-0.2, -0.15) is 0 Å². The predicted octanol–water partition coefficient (Wildman–Crippen LogP) is 4.16. The van der Waals surface area contributed by atoms with Gasteiger partial charge in [0, 0.05) is 0 Å². The molecule has 1 nitrogen and oxygen atoms in total. The monoisotopic (exact) mass is 354 g/mol. The molecular formula is C26H26O. The maximum atomic E-state index is 10.9. The molecule has 8 aliphatic carbocycles. The van der Waals surface area contributed by atoms with Gasteiger partial charge in [0.25, 0.3) is 0 Å². The second-order valence-corrected chi connectivity index (χ2v) is 11.4. The average molecular weight is 354 g/mol. The first-order valence-electron chi connectivity index (χ1n) is 11.4. The SMILES string of the molecule is Cc1ccc(CC2C3C4C5C6C(O)C7C5C3C3C2C4C6C73)c2ccccc12. The van der Waals surface area contributed by atoms with Gasteiger partial charge in [-0.15, -0.1) is 0 Å². The highest BCUT2D eigenvalue weighted by Crippen LogP contribution is 2.93. The molecule has 8 fully saturated rings. The van der Waals surface area contributed by atoms with E-state index >= 15 is 0 Å². The lowest BCUT2D eigenvalue weighted by Crippen LogP contribution is -2.21. The summed E-state index contributed by atoms with van der Waals surface area (Å²) in [4.78, 5) is 0. The van der Waals surface area contributed by atoms with Crippen LogP contribution in [0.1, 0.15) is 11.1 Å². The van der Waals surface area contributed by atoms with Gasteiger partial charge in [-0.3, -0.25) is 0 Å². The van der Waals surface area contributed by atoms with Gasteiger partial charge in [0.05, 0.1) is 6.10 Å². The summed E-state index contributed by atoms with van der Waals surface area (Å²) in [5.41, 5.74) is 3.03. The Morgan fingerprint density at radius 3 is 1.74 bits per heavy atom. The Labute approximate surface area is 160 Å². The largest absolute Gasteiger partial charge is 0.393 e. The van der Waals surface area contributed by atoms with Crippen molar-refractivity contribution in [2.24, 2.45) is 76.9 Å². The van der Waals surface area contributed by atoms with Crippen LogP contribution >= 0.6 is 0 Å². The molecule has 8 aliphatic rings. The van der Waals surface area contributed by atoms with E-state index in [2.05, 4.69) is 43.3 Å². The normalized spacial score (nSPS) is 61.1. The first kappa shape index (κ1) is 13.8. The molecule has 1 heteroatoms. The van der Waals surface area contributed by atoms with Crippen LogP contribution in [0.25, 0.3) is 10.8 Å². The van der Waals surface area contributed by atoms with Crippen molar-refractivity contribution >= 4 is 10.8 Å². The molecule has 8 saturated carbocycles. The number of benzene rings is 2.